The molecule has 3 N–H and O–H groups in total. The molecule has 0 fully saturated rings. The number of carbonyl (C=O) groups excluding carboxylic acids is 2. The topological polar surface area (TPSA) is 120 Å². The van der Waals surface area contributed by atoms with Gasteiger partial charge in [-0.05, 0) is 61.9 Å². The molecule has 0 aromatic heterocycles. The first-order valence-corrected chi connectivity index (χ1v) is 12.6. The molecule has 3 aromatic carbocycles. The number of carboxylic acid groups (broad SMARTS) is 1. The largest absolute Gasteiger partial charge is 0.481 e. The van der Waals surface area contributed by atoms with Gasteiger partial charge < -0.3 is 20.1 Å². The second-order valence-electron chi connectivity index (χ2n) is 8.18. The number of halogens is 1. The summed E-state index contributed by atoms with van der Waals surface area (Å²) in [7, 11) is 0. The van der Waals surface area contributed by atoms with Crippen molar-refractivity contribution in [2.24, 2.45) is 5.10 Å². The number of hydrazone groups is 1. The van der Waals surface area contributed by atoms with Crippen LogP contribution in [-0.2, 0) is 9.59 Å². The summed E-state index contributed by atoms with van der Waals surface area (Å²) in [6, 6.07) is 20.7. The third-order valence-corrected chi connectivity index (χ3v) is 5.91. The molecule has 0 unspecified atom stereocenters. The number of nitrogens with one attached hydrogen (secondary N) is 2. The lowest BCUT2D eigenvalue weighted by atomic mass is 10.1. The molecule has 0 spiro atoms. The van der Waals surface area contributed by atoms with Gasteiger partial charge in [-0.1, -0.05) is 48.0 Å². The van der Waals surface area contributed by atoms with Crippen LogP contribution in [0.1, 0.15) is 35.3 Å². The maximum atomic E-state index is 13.1. The second kappa shape index (κ2) is 14.3. The summed E-state index contributed by atoms with van der Waals surface area (Å²) < 4.78 is 5.25. The Hall–Kier alpha value is -4.63. The van der Waals surface area contributed by atoms with Gasteiger partial charge in [-0.25, -0.2) is 10.2 Å². The van der Waals surface area contributed by atoms with E-state index in [1.807, 2.05) is 24.3 Å². The molecule has 0 radical (unpaired) electrons. The van der Waals surface area contributed by atoms with Crippen molar-refractivity contribution >= 4 is 47.4 Å². The Balaban J connectivity index is 1.84. The van der Waals surface area contributed by atoms with Crippen LogP contribution in [0.2, 0.25) is 5.02 Å². The number of hydrogen-bond acceptors (Lipinski definition) is 6. The molecule has 3 rings (SSSR count). The third kappa shape index (κ3) is 8.44. The van der Waals surface area contributed by atoms with Crippen molar-refractivity contribution in [1.29, 1.82) is 0 Å². The molecule has 0 aliphatic heterocycles. The average Bonchev–Trinajstić information content (AvgIpc) is 2.93. The monoisotopic (exact) mass is 548 g/mol. The highest BCUT2D eigenvalue weighted by Gasteiger charge is 2.16. The second-order valence-corrected chi connectivity index (χ2v) is 8.58. The van der Waals surface area contributed by atoms with Crippen LogP contribution in [0.3, 0.4) is 0 Å². The lowest BCUT2D eigenvalue weighted by Gasteiger charge is -2.21. The van der Waals surface area contributed by atoms with Gasteiger partial charge in [0.2, 0.25) is 0 Å². The first-order chi connectivity index (χ1) is 18.8. The zero-order valence-electron chi connectivity index (χ0n) is 21.6. The molecule has 0 saturated heterocycles. The van der Waals surface area contributed by atoms with Crippen molar-refractivity contribution in [3.05, 3.63) is 100 Å². The highest BCUT2D eigenvalue weighted by Crippen LogP contribution is 2.19. The van der Waals surface area contributed by atoms with Gasteiger partial charge in [0.15, 0.2) is 6.61 Å². The Labute approximate surface area is 231 Å². The zero-order chi connectivity index (χ0) is 28.2. The van der Waals surface area contributed by atoms with Crippen LogP contribution in [0.25, 0.3) is 6.08 Å². The van der Waals surface area contributed by atoms with Crippen LogP contribution in [0, 0.1) is 0 Å². The Morgan fingerprint density at radius 2 is 1.64 bits per heavy atom. The quantitative estimate of drug-likeness (QED) is 0.173. The number of rotatable bonds is 12. The fraction of sp³-hybridized carbons (Fsp3) is 0.172. The molecule has 10 heteroatoms. The number of aliphatic carboxylic acids is 1. The zero-order valence-corrected chi connectivity index (χ0v) is 22.3. The van der Waals surface area contributed by atoms with Crippen LogP contribution in [-0.4, -0.2) is 48.8 Å². The highest BCUT2D eigenvalue weighted by molar-refractivity contribution is 6.34. The molecule has 39 heavy (non-hydrogen) atoms. The van der Waals surface area contributed by atoms with Crippen LogP contribution in [0.15, 0.2) is 83.6 Å². The minimum Gasteiger partial charge on any atom is -0.481 e. The van der Waals surface area contributed by atoms with Gasteiger partial charge in [-0.3, -0.25) is 9.59 Å². The SMILES string of the molecule is CCN(CC)c1ccc(/C=C(/NC(=O)c2ccccc2Cl)C(=O)N/N=C\c2ccccc2OCC(=O)O)cc1. The van der Waals surface area contributed by atoms with Crippen molar-refractivity contribution < 1.29 is 24.2 Å². The maximum Gasteiger partial charge on any atom is 0.341 e. The van der Waals surface area contributed by atoms with E-state index in [1.54, 1.807) is 48.5 Å². The summed E-state index contributed by atoms with van der Waals surface area (Å²) in [5.74, 6) is -2.07. The molecule has 0 bridgehead atoms. The number of carbonyl (C=O) groups is 3. The Kier molecular flexibility index (Phi) is 10.6. The summed E-state index contributed by atoms with van der Waals surface area (Å²) in [5.41, 5.74) is 4.74. The van der Waals surface area contributed by atoms with Gasteiger partial charge in [0.1, 0.15) is 11.4 Å². The fourth-order valence-electron chi connectivity index (χ4n) is 3.61. The minimum absolute atomic E-state index is 0.0527. The van der Waals surface area contributed by atoms with Gasteiger partial charge in [-0.15, -0.1) is 0 Å². The van der Waals surface area contributed by atoms with Crippen molar-refractivity contribution in [2.75, 3.05) is 24.6 Å². The maximum absolute atomic E-state index is 13.1. The molecule has 9 nitrogen and oxygen atoms in total. The van der Waals surface area contributed by atoms with Crippen LogP contribution < -0.4 is 20.4 Å². The van der Waals surface area contributed by atoms with E-state index in [2.05, 4.69) is 34.6 Å². The number of hydrogen-bond donors (Lipinski definition) is 3. The van der Waals surface area contributed by atoms with Crippen molar-refractivity contribution in [1.82, 2.24) is 10.7 Å². The number of carboxylic acids is 1. The van der Waals surface area contributed by atoms with E-state index in [9.17, 15) is 14.4 Å². The molecular weight excluding hydrogens is 520 g/mol. The molecule has 0 aliphatic rings. The van der Waals surface area contributed by atoms with E-state index in [0.717, 1.165) is 18.8 Å². The third-order valence-electron chi connectivity index (χ3n) is 5.58. The minimum atomic E-state index is -1.12. The van der Waals surface area contributed by atoms with Crippen molar-refractivity contribution in [2.45, 2.75) is 13.8 Å². The molecule has 0 atom stereocenters. The molecule has 202 valence electrons. The van der Waals surface area contributed by atoms with Crippen LogP contribution in [0.4, 0.5) is 5.69 Å². The normalized spacial score (nSPS) is 11.2. The number of amides is 2. The van der Waals surface area contributed by atoms with Gasteiger partial charge in [0, 0.05) is 24.3 Å². The fourth-order valence-corrected chi connectivity index (χ4v) is 3.83. The molecule has 2 amide bonds. The standard InChI is InChI=1S/C29H29ClN4O5/c1-3-34(4-2)22-15-13-20(14-16-22)17-25(32-28(37)23-10-6-7-11-24(23)30)29(38)33-31-18-21-9-5-8-12-26(21)39-19-27(35)36/h5-18H,3-4,19H2,1-2H3,(H,32,37)(H,33,38)(H,35,36)/b25-17+,31-18-. The van der Waals surface area contributed by atoms with Gasteiger partial charge in [0.05, 0.1) is 16.8 Å². The number of nitrogens with zero attached hydrogens (tertiary/aromatic N) is 2. The van der Waals surface area contributed by atoms with Crippen molar-refractivity contribution in [3.63, 3.8) is 0 Å². The molecular formula is C29H29ClN4O5. The van der Waals surface area contributed by atoms with Gasteiger partial charge in [-0.2, -0.15) is 5.10 Å². The molecule has 0 heterocycles. The smallest absolute Gasteiger partial charge is 0.341 e. The molecule has 0 saturated carbocycles. The predicted octanol–water partition coefficient (Wildman–Crippen LogP) is 4.57. The van der Waals surface area contributed by atoms with E-state index in [1.165, 1.54) is 12.3 Å². The number of para-hydroxylation sites is 1. The Morgan fingerprint density at radius 1 is 0.974 bits per heavy atom. The van der Waals surface area contributed by atoms with Crippen LogP contribution in [0.5, 0.6) is 5.75 Å². The summed E-state index contributed by atoms with van der Waals surface area (Å²) in [6.07, 6.45) is 2.86. The predicted molar refractivity (Wildman–Crippen MR) is 152 cm³/mol. The highest BCUT2D eigenvalue weighted by atomic mass is 35.5. The van der Waals surface area contributed by atoms with E-state index in [4.69, 9.17) is 21.4 Å². The van der Waals surface area contributed by atoms with Gasteiger partial charge >= 0.3 is 5.97 Å². The number of ether oxygens (including phenoxy) is 1. The number of benzene rings is 3. The first-order valence-electron chi connectivity index (χ1n) is 12.2. The lowest BCUT2D eigenvalue weighted by Crippen LogP contribution is -2.33. The summed E-state index contributed by atoms with van der Waals surface area (Å²) in [6.45, 7) is 5.33. The summed E-state index contributed by atoms with van der Waals surface area (Å²) in [4.78, 5) is 39.1. The van der Waals surface area contributed by atoms with E-state index in [-0.39, 0.29) is 22.0 Å². The summed E-state index contributed by atoms with van der Waals surface area (Å²) in [5, 5.41) is 15.7. The van der Waals surface area contributed by atoms with E-state index >= 15 is 0 Å². The van der Waals surface area contributed by atoms with E-state index in [0.29, 0.717) is 11.1 Å². The Bertz CT molecular complexity index is 1370. The first kappa shape index (κ1) is 28.9. The number of anilines is 1. The summed E-state index contributed by atoms with van der Waals surface area (Å²) >= 11 is 6.17. The van der Waals surface area contributed by atoms with Crippen molar-refractivity contribution in [3.8, 4) is 5.75 Å². The van der Waals surface area contributed by atoms with Crippen LogP contribution >= 0.6 is 11.6 Å². The van der Waals surface area contributed by atoms with Gasteiger partial charge in [0.25, 0.3) is 11.8 Å². The lowest BCUT2D eigenvalue weighted by molar-refractivity contribution is -0.139. The molecule has 3 aromatic rings. The van der Waals surface area contributed by atoms with E-state index < -0.39 is 24.4 Å². The average molecular weight is 549 g/mol. The Morgan fingerprint density at radius 3 is 2.31 bits per heavy atom. The molecule has 0 aliphatic carbocycles.